The number of fused-ring (bicyclic) bond motifs is 1. The Morgan fingerprint density at radius 2 is 2.26 bits per heavy atom. The van der Waals surface area contributed by atoms with Gasteiger partial charge in [-0.2, -0.15) is 0 Å². The Labute approximate surface area is 113 Å². The molecular formula is C11H14ClN3O4. The normalized spacial score (nSPS) is 18.1. The maximum atomic E-state index is 12.2. The summed E-state index contributed by atoms with van der Waals surface area (Å²) in [5, 5.41) is 0. The number of nitrogens with two attached hydrogens (primary N) is 1. The third-order valence-corrected chi connectivity index (χ3v) is 3.32. The fourth-order valence-corrected chi connectivity index (χ4v) is 2.19. The molecule has 0 aliphatic carbocycles. The van der Waals surface area contributed by atoms with Crippen LogP contribution in [0.4, 0.5) is 0 Å². The first-order valence-electron chi connectivity index (χ1n) is 5.85. The summed E-state index contributed by atoms with van der Waals surface area (Å²) < 4.78 is 6.25. The molecule has 1 aromatic heterocycles. The maximum absolute atomic E-state index is 12.2. The monoisotopic (exact) mass is 287 g/mol. The van der Waals surface area contributed by atoms with E-state index in [1.807, 2.05) is 0 Å². The van der Waals surface area contributed by atoms with Crippen molar-refractivity contribution in [2.24, 2.45) is 5.73 Å². The Bertz CT molecular complexity index is 607. The quantitative estimate of drug-likeness (QED) is 0.711. The number of aromatic nitrogens is 2. The van der Waals surface area contributed by atoms with E-state index in [0.29, 0.717) is 12.3 Å². The minimum atomic E-state index is -0.785. The van der Waals surface area contributed by atoms with Crippen molar-refractivity contribution in [1.82, 2.24) is 9.55 Å². The van der Waals surface area contributed by atoms with Crippen molar-refractivity contribution in [3.05, 3.63) is 32.1 Å². The molecule has 8 heteroatoms. The molecule has 7 nitrogen and oxygen atoms in total. The van der Waals surface area contributed by atoms with Crippen LogP contribution in [0.2, 0.25) is 0 Å². The van der Waals surface area contributed by atoms with Crippen molar-refractivity contribution >= 4 is 17.5 Å². The molecule has 3 N–H and O–H groups in total. The zero-order valence-corrected chi connectivity index (χ0v) is 10.9. The van der Waals surface area contributed by atoms with E-state index in [1.165, 1.54) is 0 Å². The number of ether oxygens (including phenoxy) is 1. The van der Waals surface area contributed by atoms with Gasteiger partial charge in [0.05, 0.1) is 18.8 Å². The molecule has 1 aliphatic heterocycles. The smallest absolute Gasteiger partial charge is 0.328 e. The summed E-state index contributed by atoms with van der Waals surface area (Å²) in [4.78, 5) is 37.9. The van der Waals surface area contributed by atoms with Gasteiger partial charge in [0.1, 0.15) is 5.92 Å². The average molecular weight is 288 g/mol. The van der Waals surface area contributed by atoms with E-state index < -0.39 is 23.1 Å². The number of aromatic amines is 1. The minimum Gasteiger partial charge on any atom is -0.375 e. The third-order valence-electron chi connectivity index (χ3n) is 3.05. The summed E-state index contributed by atoms with van der Waals surface area (Å²) in [7, 11) is 0. The predicted octanol–water partition coefficient (Wildman–Crippen LogP) is -0.735. The van der Waals surface area contributed by atoms with Gasteiger partial charge in [0.2, 0.25) is 5.91 Å². The summed E-state index contributed by atoms with van der Waals surface area (Å²) in [6.07, 6.45) is 0.503. The van der Waals surface area contributed by atoms with Crippen molar-refractivity contribution in [2.45, 2.75) is 25.5 Å². The van der Waals surface area contributed by atoms with E-state index in [-0.39, 0.29) is 31.0 Å². The molecule has 0 saturated carbocycles. The second kappa shape index (κ2) is 5.58. The number of carbonyl (C=O) groups excluding carboxylic acids is 1. The van der Waals surface area contributed by atoms with E-state index >= 15 is 0 Å². The third kappa shape index (κ3) is 2.57. The number of hydrogen-bond donors (Lipinski definition) is 2. The van der Waals surface area contributed by atoms with Crippen LogP contribution in [-0.2, 0) is 22.7 Å². The number of carbonyl (C=O) groups is 1. The van der Waals surface area contributed by atoms with Crippen LogP contribution in [0.15, 0.2) is 9.59 Å². The van der Waals surface area contributed by atoms with Gasteiger partial charge >= 0.3 is 5.69 Å². The summed E-state index contributed by atoms with van der Waals surface area (Å²) in [5.74, 6) is -1.06. The average Bonchev–Trinajstić information content (AvgIpc) is 2.37. The lowest BCUT2D eigenvalue weighted by Gasteiger charge is -2.22. The highest BCUT2D eigenvalue weighted by Gasteiger charge is 2.29. The van der Waals surface area contributed by atoms with E-state index in [4.69, 9.17) is 22.1 Å². The summed E-state index contributed by atoms with van der Waals surface area (Å²) in [6.45, 7) is 0.366. The predicted molar refractivity (Wildman–Crippen MR) is 68.3 cm³/mol. The van der Waals surface area contributed by atoms with Gasteiger partial charge in [-0.1, -0.05) is 0 Å². The topological polar surface area (TPSA) is 107 Å². The Morgan fingerprint density at radius 1 is 1.53 bits per heavy atom. The zero-order chi connectivity index (χ0) is 14.0. The van der Waals surface area contributed by atoms with Gasteiger partial charge in [-0.15, -0.1) is 11.6 Å². The molecule has 0 saturated heterocycles. The number of nitrogens with one attached hydrogen (secondary N) is 1. The second-order valence-electron chi connectivity index (χ2n) is 4.29. The number of amides is 1. The molecule has 19 heavy (non-hydrogen) atoms. The Balaban J connectivity index is 2.54. The molecule has 0 bridgehead atoms. The summed E-state index contributed by atoms with van der Waals surface area (Å²) >= 11 is 5.55. The number of hydrogen-bond acceptors (Lipinski definition) is 4. The van der Waals surface area contributed by atoms with Crippen molar-refractivity contribution in [3.8, 4) is 0 Å². The SMILES string of the molecule is NC(=O)C1COCc2c1[nH]c(=O)n(CCCCl)c2=O. The Kier molecular flexibility index (Phi) is 4.06. The van der Waals surface area contributed by atoms with Crippen LogP contribution < -0.4 is 17.0 Å². The van der Waals surface area contributed by atoms with E-state index in [0.717, 1.165) is 4.57 Å². The molecule has 1 amide bonds. The number of halogens is 1. The molecule has 1 aromatic rings. The molecule has 0 fully saturated rings. The van der Waals surface area contributed by atoms with Crippen molar-refractivity contribution in [2.75, 3.05) is 12.5 Å². The van der Waals surface area contributed by atoms with Gasteiger partial charge in [-0.25, -0.2) is 4.79 Å². The van der Waals surface area contributed by atoms with Crippen LogP contribution >= 0.6 is 11.6 Å². The first-order chi connectivity index (χ1) is 9.06. The van der Waals surface area contributed by atoms with E-state index in [2.05, 4.69) is 4.98 Å². The van der Waals surface area contributed by atoms with Gasteiger partial charge < -0.3 is 15.5 Å². The molecule has 1 unspecified atom stereocenters. The molecule has 104 valence electrons. The van der Waals surface area contributed by atoms with Crippen LogP contribution in [0.3, 0.4) is 0 Å². The van der Waals surface area contributed by atoms with Crippen molar-refractivity contribution in [1.29, 1.82) is 0 Å². The lowest BCUT2D eigenvalue weighted by molar-refractivity contribution is -0.121. The molecule has 1 aliphatic rings. The van der Waals surface area contributed by atoms with Gasteiger partial charge in [-0.05, 0) is 6.42 Å². The highest BCUT2D eigenvalue weighted by molar-refractivity contribution is 6.17. The highest BCUT2D eigenvalue weighted by atomic mass is 35.5. The van der Waals surface area contributed by atoms with Crippen LogP contribution in [-0.4, -0.2) is 27.9 Å². The maximum Gasteiger partial charge on any atom is 0.328 e. The van der Waals surface area contributed by atoms with Crippen molar-refractivity contribution < 1.29 is 9.53 Å². The Hall–Kier alpha value is -1.60. The fraction of sp³-hybridized carbons (Fsp3) is 0.545. The lowest BCUT2D eigenvalue weighted by atomic mass is 9.99. The molecule has 2 heterocycles. The van der Waals surface area contributed by atoms with Crippen LogP contribution in [0, 0.1) is 0 Å². The first kappa shape index (κ1) is 13.8. The number of primary amides is 1. The number of alkyl halides is 1. The van der Waals surface area contributed by atoms with Gasteiger partial charge in [0.25, 0.3) is 5.56 Å². The van der Waals surface area contributed by atoms with E-state index in [9.17, 15) is 14.4 Å². The van der Waals surface area contributed by atoms with Crippen LogP contribution in [0.25, 0.3) is 0 Å². The highest BCUT2D eigenvalue weighted by Crippen LogP contribution is 2.20. The number of H-pyrrole nitrogens is 1. The lowest BCUT2D eigenvalue weighted by Crippen LogP contribution is -2.43. The molecular weight excluding hydrogens is 274 g/mol. The molecule has 1 atom stereocenters. The van der Waals surface area contributed by atoms with Crippen LogP contribution in [0.5, 0.6) is 0 Å². The number of rotatable bonds is 4. The fourth-order valence-electron chi connectivity index (χ4n) is 2.07. The first-order valence-corrected chi connectivity index (χ1v) is 6.38. The number of nitrogens with zero attached hydrogens (tertiary/aromatic N) is 1. The minimum absolute atomic E-state index is 0.0651. The zero-order valence-electron chi connectivity index (χ0n) is 10.1. The standard InChI is InChI=1S/C11H14ClN3O4/c12-2-1-3-15-10(17)7-5-19-4-6(9(13)16)8(7)14-11(15)18/h6H,1-5H2,(H2,13,16)(H,14,18). The van der Waals surface area contributed by atoms with Crippen LogP contribution in [0.1, 0.15) is 23.6 Å². The molecule has 0 radical (unpaired) electrons. The summed E-state index contributed by atoms with van der Waals surface area (Å²) in [6, 6.07) is 0. The summed E-state index contributed by atoms with van der Waals surface area (Å²) in [5.41, 5.74) is 4.79. The van der Waals surface area contributed by atoms with Gasteiger partial charge in [0.15, 0.2) is 0 Å². The second-order valence-corrected chi connectivity index (χ2v) is 4.67. The molecule has 0 aromatic carbocycles. The molecule has 0 spiro atoms. The van der Waals surface area contributed by atoms with Gasteiger partial charge in [0, 0.05) is 18.1 Å². The Morgan fingerprint density at radius 3 is 2.89 bits per heavy atom. The van der Waals surface area contributed by atoms with Crippen molar-refractivity contribution in [3.63, 3.8) is 0 Å². The largest absolute Gasteiger partial charge is 0.375 e. The molecule has 2 rings (SSSR count). The van der Waals surface area contributed by atoms with E-state index in [1.54, 1.807) is 0 Å². The van der Waals surface area contributed by atoms with Gasteiger partial charge in [-0.3, -0.25) is 14.2 Å².